The van der Waals surface area contributed by atoms with Gasteiger partial charge in [-0.15, -0.1) is 0 Å². The van der Waals surface area contributed by atoms with Crippen molar-refractivity contribution in [2.24, 2.45) is 0 Å². The Morgan fingerprint density at radius 1 is 1.08 bits per heavy atom. The first kappa shape index (κ1) is 17.5. The predicted octanol–water partition coefficient (Wildman–Crippen LogP) is 1.18. The van der Waals surface area contributed by atoms with Crippen molar-refractivity contribution in [2.75, 3.05) is 5.32 Å². The lowest BCUT2D eigenvalue weighted by molar-refractivity contribution is 0.256. The van der Waals surface area contributed by atoms with E-state index in [1.54, 1.807) is 38.1 Å². The Kier molecular flexibility index (Phi) is 4.63. The second-order valence-electron chi connectivity index (χ2n) is 5.30. The van der Waals surface area contributed by atoms with Crippen LogP contribution in [-0.4, -0.2) is 39.2 Å². The summed E-state index contributed by atoms with van der Waals surface area (Å²) in [5, 5.41) is 6.02. The molecule has 0 aliphatic rings. The zero-order valence-corrected chi connectivity index (χ0v) is 14.7. The van der Waals surface area contributed by atoms with Gasteiger partial charge in [0.1, 0.15) is 0 Å². The van der Waals surface area contributed by atoms with E-state index in [-0.39, 0.29) is 11.0 Å². The molecule has 26 heavy (non-hydrogen) atoms. The van der Waals surface area contributed by atoms with Gasteiger partial charge in [0.2, 0.25) is 5.95 Å². The Morgan fingerprint density at radius 2 is 1.81 bits per heavy atom. The van der Waals surface area contributed by atoms with E-state index in [1.165, 1.54) is 18.5 Å². The fraction of sp³-hybridized carbons (Fsp3) is 0.133. The molecular weight excluding hydrogens is 358 g/mol. The minimum Gasteiger partial charge on any atom is -0.275 e. The number of amides is 2. The number of pyridine rings is 1. The van der Waals surface area contributed by atoms with E-state index in [0.29, 0.717) is 17.2 Å². The number of carbonyl (C=O) groups excluding carboxylic acids is 1. The molecule has 3 rings (SSSR count). The molecule has 0 saturated heterocycles. The summed E-state index contributed by atoms with van der Waals surface area (Å²) in [6.45, 7) is 3.47. The number of hydrogen-bond donors (Lipinski definition) is 2. The van der Waals surface area contributed by atoms with Gasteiger partial charge in [0.05, 0.1) is 6.20 Å². The van der Waals surface area contributed by atoms with Crippen LogP contribution in [0.2, 0.25) is 0 Å². The lowest BCUT2D eigenvalue weighted by Gasteiger charge is -2.10. The quantitative estimate of drug-likeness (QED) is 0.702. The summed E-state index contributed by atoms with van der Waals surface area (Å²) < 4.78 is 28.1. The van der Waals surface area contributed by atoms with Gasteiger partial charge in [-0.05, 0) is 38.1 Å². The van der Waals surface area contributed by atoms with Crippen LogP contribution in [0.3, 0.4) is 0 Å². The van der Waals surface area contributed by atoms with Gasteiger partial charge in [-0.25, -0.2) is 29.2 Å². The highest BCUT2D eigenvalue weighted by molar-refractivity contribution is 7.90. The second kappa shape index (κ2) is 6.88. The van der Waals surface area contributed by atoms with Gasteiger partial charge in [0.25, 0.3) is 10.0 Å². The standard InChI is InChI=1S/C15H15N7O3S/c1-10-9-11(2)19-14(18-10)20-15(23)21-26(24,25)13-6-8-17-22(13)12-5-3-4-7-16-12/h3-9H,1-2H3,(H2,18,19,20,21,23). The average Bonchev–Trinajstić information content (AvgIpc) is 3.04. The molecule has 0 fully saturated rings. The van der Waals surface area contributed by atoms with Gasteiger partial charge < -0.3 is 0 Å². The molecule has 11 heteroatoms. The van der Waals surface area contributed by atoms with Crippen LogP contribution in [0.1, 0.15) is 11.4 Å². The fourth-order valence-electron chi connectivity index (χ4n) is 2.23. The van der Waals surface area contributed by atoms with Crippen molar-refractivity contribution in [3.63, 3.8) is 0 Å². The second-order valence-corrected chi connectivity index (χ2v) is 6.93. The van der Waals surface area contributed by atoms with Gasteiger partial charge >= 0.3 is 6.03 Å². The predicted molar refractivity (Wildman–Crippen MR) is 92.2 cm³/mol. The Hall–Kier alpha value is -3.34. The third-order valence-electron chi connectivity index (χ3n) is 3.18. The zero-order chi connectivity index (χ0) is 18.7. The van der Waals surface area contributed by atoms with E-state index in [1.807, 2.05) is 4.72 Å². The van der Waals surface area contributed by atoms with Crippen molar-refractivity contribution >= 4 is 22.0 Å². The first-order valence-electron chi connectivity index (χ1n) is 7.47. The minimum atomic E-state index is -4.19. The first-order valence-corrected chi connectivity index (χ1v) is 8.95. The highest BCUT2D eigenvalue weighted by atomic mass is 32.2. The number of urea groups is 1. The third-order valence-corrected chi connectivity index (χ3v) is 4.50. The third kappa shape index (κ3) is 3.83. The van der Waals surface area contributed by atoms with E-state index < -0.39 is 16.1 Å². The molecule has 10 nitrogen and oxygen atoms in total. The number of carbonyl (C=O) groups is 1. The molecule has 3 aromatic heterocycles. The highest BCUT2D eigenvalue weighted by Crippen LogP contribution is 2.13. The summed E-state index contributed by atoms with van der Waals surface area (Å²) in [6.07, 6.45) is 2.80. The zero-order valence-electron chi connectivity index (χ0n) is 13.9. The number of rotatable bonds is 4. The van der Waals surface area contributed by atoms with Gasteiger partial charge in [-0.2, -0.15) is 13.5 Å². The lowest BCUT2D eigenvalue weighted by Crippen LogP contribution is -2.36. The highest BCUT2D eigenvalue weighted by Gasteiger charge is 2.23. The van der Waals surface area contributed by atoms with Crippen LogP contribution in [0.5, 0.6) is 0 Å². The van der Waals surface area contributed by atoms with E-state index in [2.05, 4.69) is 25.4 Å². The van der Waals surface area contributed by atoms with Crippen molar-refractivity contribution in [1.82, 2.24) is 29.5 Å². The number of sulfonamides is 1. The molecule has 2 N–H and O–H groups in total. The summed E-state index contributed by atoms with van der Waals surface area (Å²) in [5.74, 6) is 0.310. The average molecular weight is 373 g/mol. The maximum Gasteiger partial charge on any atom is 0.335 e. The number of hydrogen-bond acceptors (Lipinski definition) is 7. The Balaban J connectivity index is 1.81. The van der Waals surface area contributed by atoms with Crippen molar-refractivity contribution in [1.29, 1.82) is 0 Å². The molecule has 0 atom stereocenters. The summed E-state index contributed by atoms with van der Waals surface area (Å²) in [6, 6.07) is 6.98. The molecule has 0 aromatic carbocycles. The van der Waals surface area contributed by atoms with E-state index in [0.717, 1.165) is 4.68 Å². The molecule has 134 valence electrons. The largest absolute Gasteiger partial charge is 0.335 e. The van der Waals surface area contributed by atoms with Crippen LogP contribution in [0.4, 0.5) is 10.7 Å². The smallest absolute Gasteiger partial charge is 0.275 e. The lowest BCUT2D eigenvalue weighted by atomic mass is 10.4. The first-order chi connectivity index (χ1) is 12.3. The van der Waals surface area contributed by atoms with Gasteiger partial charge in [-0.1, -0.05) is 6.07 Å². The molecule has 0 bridgehead atoms. The molecule has 0 unspecified atom stereocenters. The molecular formula is C15H15N7O3S. The van der Waals surface area contributed by atoms with Crippen LogP contribution in [0.15, 0.2) is 47.8 Å². The number of nitrogens with zero attached hydrogens (tertiary/aromatic N) is 5. The summed E-state index contributed by atoms with van der Waals surface area (Å²) in [4.78, 5) is 24.2. The number of anilines is 1. The molecule has 3 heterocycles. The molecule has 3 aromatic rings. The number of aryl methyl sites for hydroxylation is 2. The molecule has 2 amide bonds. The maximum atomic E-state index is 12.5. The van der Waals surface area contributed by atoms with Gasteiger partial charge in [-0.3, -0.25) is 5.32 Å². The van der Waals surface area contributed by atoms with Crippen molar-refractivity contribution in [3.8, 4) is 5.82 Å². The van der Waals surface area contributed by atoms with Gasteiger partial charge in [0, 0.05) is 17.6 Å². The van der Waals surface area contributed by atoms with Crippen LogP contribution in [-0.2, 0) is 10.0 Å². The van der Waals surface area contributed by atoms with Crippen LogP contribution < -0.4 is 10.0 Å². The van der Waals surface area contributed by atoms with E-state index in [4.69, 9.17) is 0 Å². The fourth-order valence-corrected chi connectivity index (χ4v) is 3.24. The number of aromatic nitrogens is 5. The SMILES string of the molecule is Cc1cc(C)nc(NC(=O)NS(=O)(=O)c2ccnn2-c2ccccn2)n1. The van der Waals surface area contributed by atoms with Gasteiger partial charge in [0.15, 0.2) is 10.8 Å². The molecule has 0 saturated carbocycles. The molecule has 0 aliphatic carbocycles. The number of nitrogens with one attached hydrogen (secondary N) is 2. The Morgan fingerprint density at radius 3 is 2.46 bits per heavy atom. The summed E-state index contributed by atoms with van der Waals surface area (Å²) in [7, 11) is -4.19. The van der Waals surface area contributed by atoms with Crippen molar-refractivity contribution in [3.05, 3.63) is 54.1 Å². The van der Waals surface area contributed by atoms with Crippen LogP contribution in [0, 0.1) is 13.8 Å². The van der Waals surface area contributed by atoms with Crippen molar-refractivity contribution in [2.45, 2.75) is 18.9 Å². The van der Waals surface area contributed by atoms with Crippen molar-refractivity contribution < 1.29 is 13.2 Å². The normalized spacial score (nSPS) is 11.2. The molecule has 0 spiro atoms. The summed E-state index contributed by atoms with van der Waals surface area (Å²) >= 11 is 0. The van der Waals surface area contributed by atoms with Crippen LogP contribution in [0.25, 0.3) is 5.82 Å². The molecule has 0 aliphatic heterocycles. The Bertz CT molecular complexity index is 1030. The maximum absolute atomic E-state index is 12.5. The monoisotopic (exact) mass is 373 g/mol. The van der Waals surface area contributed by atoms with Crippen LogP contribution >= 0.6 is 0 Å². The van der Waals surface area contributed by atoms with E-state index >= 15 is 0 Å². The van der Waals surface area contributed by atoms with E-state index in [9.17, 15) is 13.2 Å². The molecule has 0 radical (unpaired) electrons. The summed E-state index contributed by atoms with van der Waals surface area (Å²) in [5.41, 5.74) is 1.28. The Labute approximate surface area is 149 Å². The topological polar surface area (TPSA) is 132 Å². The minimum absolute atomic E-state index is 0.00781.